The van der Waals surface area contributed by atoms with Crippen LogP contribution in [-0.4, -0.2) is 23.0 Å². The number of nitrogens with one attached hydrogen (secondary N) is 1. The molecule has 4 nitrogen and oxygen atoms in total. The SMILES string of the molecule is Cc1ccc(-c2ccc(Cc3c(C)sc(C)c3C(=O)NC3CC4(C3)CC(C(=O)O)C4)cc2)cc1F. The van der Waals surface area contributed by atoms with Crippen molar-refractivity contribution < 1.29 is 19.1 Å². The number of aliphatic carboxylic acids is 1. The third-order valence-corrected chi connectivity index (χ3v) is 8.92. The Balaban J connectivity index is 1.26. The van der Waals surface area contributed by atoms with Crippen LogP contribution in [0.4, 0.5) is 4.39 Å². The molecular weight excluding hydrogens is 461 g/mol. The van der Waals surface area contributed by atoms with Gasteiger partial charge in [-0.2, -0.15) is 0 Å². The van der Waals surface area contributed by atoms with Gasteiger partial charge in [0.2, 0.25) is 0 Å². The van der Waals surface area contributed by atoms with E-state index in [0.29, 0.717) is 12.0 Å². The van der Waals surface area contributed by atoms with E-state index in [0.717, 1.165) is 63.3 Å². The van der Waals surface area contributed by atoms with Gasteiger partial charge in [-0.05, 0) is 92.2 Å². The molecule has 0 aliphatic heterocycles. The quantitative estimate of drug-likeness (QED) is 0.417. The maximum atomic E-state index is 14.0. The average Bonchev–Trinajstić information content (AvgIpc) is 3.03. The number of thiophene rings is 1. The molecule has 2 N–H and O–H groups in total. The zero-order chi connectivity index (χ0) is 24.9. The summed E-state index contributed by atoms with van der Waals surface area (Å²) in [5, 5.41) is 12.3. The largest absolute Gasteiger partial charge is 0.481 e. The van der Waals surface area contributed by atoms with Gasteiger partial charge >= 0.3 is 5.97 Å². The van der Waals surface area contributed by atoms with Gasteiger partial charge < -0.3 is 10.4 Å². The number of hydrogen-bond acceptors (Lipinski definition) is 3. The first-order valence-electron chi connectivity index (χ1n) is 12.1. The van der Waals surface area contributed by atoms with Gasteiger partial charge in [0.1, 0.15) is 5.82 Å². The van der Waals surface area contributed by atoms with Gasteiger partial charge in [0.05, 0.1) is 11.5 Å². The number of carboxylic acid groups (broad SMARTS) is 1. The van der Waals surface area contributed by atoms with E-state index in [4.69, 9.17) is 5.11 Å². The van der Waals surface area contributed by atoms with Crippen LogP contribution in [0.2, 0.25) is 0 Å². The molecule has 0 saturated heterocycles. The van der Waals surface area contributed by atoms with Crippen molar-refractivity contribution in [2.45, 2.75) is 58.9 Å². The van der Waals surface area contributed by atoms with Crippen LogP contribution in [0.5, 0.6) is 0 Å². The molecule has 1 aromatic heterocycles. The molecule has 0 radical (unpaired) electrons. The van der Waals surface area contributed by atoms with Crippen molar-refractivity contribution in [3.63, 3.8) is 0 Å². The predicted molar refractivity (Wildman–Crippen MR) is 136 cm³/mol. The van der Waals surface area contributed by atoms with E-state index in [1.54, 1.807) is 30.4 Å². The number of carboxylic acids is 1. The summed E-state index contributed by atoms with van der Waals surface area (Å²) in [6, 6.07) is 13.5. The van der Waals surface area contributed by atoms with Crippen molar-refractivity contribution in [2.75, 3.05) is 0 Å². The topological polar surface area (TPSA) is 66.4 Å². The summed E-state index contributed by atoms with van der Waals surface area (Å²) in [6.07, 6.45) is 3.89. The van der Waals surface area contributed by atoms with Gasteiger partial charge in [0, 0.05) is 15.8 Å². The van der Waals surface area contributed by atoms with Crippen LogP contribution in [0.3, 0.4) is 0 Å². The van der Waals surface area contributed by atoms with Gasteiger partial charge in [-0.15, -0.1) is 11.3 Å². The van der Waals surface area contributed by atoms with E-state index in [-0.39, 0.29) is 29.1 Å². The highest BCUT2D eigenvalue weighted by Crippen LogP contribution is 2.58. The minimum Gasteiger partial charge on any atom is -0.481 e. The fourth-order valence-corrected chi connectivity index (χ4v) is 6.95. The minimum atomic E-state index is -0.698. The second kappa shape index (κ2) is 8.90. The fourth-order valence-electron chi connectivity index (χ4n) is 5.87. The molecule has 2 fully saturated rings. The van der Waals surface area contributed by atoms with E-state index < -0.39 is 5.97 Å². The first kappa shape index (κ1) is 23.7. The van der Waals surface area contributed by atoms with Crippen molar-refractivity contribution in [3.8, 4) is 11.1 Å². The molecule has 2 aliphatic carbocycles. The Bertz CT molecular complexity index is 1300. The van der Waals surface area contributed by atoms with Crippen LogP contribution in [0.15, 0.2) is 42.5 Å². The zero-order valence-corrected chi connectivity index (χ0v) is 21.1. The predicted octanol–water partition coefficient (Wildman–Crippen LogP) is 6.44. The van der Waals surface area contributed by atoms with Crippen LogP contribution in [0.1, 0.15) is 62.5 Å². The number of amides is 1. The summed E-state index contributed by atoms with van der Waals surface area (Å²) in [4.78, 5) is 26.5. The second-order valence-corrected chi connectivity index (χ2v) is 11.9. The van der Waals surface area contributed by atoms with E-state index in [1.165, 1.54) is 0 Å². The number of benzene rings is 2. The molecular formula is C29H30FNO3S. The van der Waals surface area contributed by atoms with E-state index >= 15 is 0 Å². The van der Waals surface area contributed by atoms with Crippen molar-refractivity contribution >= 4 is 23.2 Å². The second-order valence-electron chi connectivity index (χ2n) is 10.4. The van der Waals surface area contributed by atoms with Crippen LogP contribution < -0.4 is 5.32 Å². The lowest BCUT2D eigenvalue weighted by atomic mass is 9.50. The van der Waals surface area contributed by atoms with Crippen molar-refractivity contribution in [3.05, 3.63) is 80.3 Å². The average molecular weight is 492 g/mol. The molecule has 1 amide bonds. The Hall–Kier alpha value is -2.99. The molecule has 0 unspecified atom stereocenters. The highest BCUT2D eigenvalue weighted by molar-refractivity contribution is 7.12. The minimum absolute atomic E-state index is 0.0254. The van der Waals surface area contributed by atoms with Crippen molar-refractivity contribution in [1.29, 1.82) is 0 Å². The number of rotatable bonds is 6. The Morgan fingerprint density at radius 2 is 1.66 bits per heavy atom. The van der Waals surface area contributed by atoms with Gasteiger partial charge in [-0.1, -0.05) is 36.4 Å². The lowest BCUT2D eigenvalue weighted by Crippen LogP contribution is -2.57. The summed E-state index contributed by atoms with van der Waals surface area (Å²) in [5.74, 6) is -1.14. The molecule has 6 heteroatoms. The molecule has 2 aliphatic rings. The Labute approximate surface area is 209 Å². The summed E-state index contributed by atoms with van der Waals surface area (Å²) < 4.78 is 14.0. The third kappa shape index (κ3) is 4.52. The molecule has 5 rings (SSSR count). The normalized spacial score (nSPS) is 23.0. The van der Waals surface area contributed by atoms with Gasteiger partial charge in [0.25, 0.3) is 5.91 Å². The molecule has 0 bridgehead atoms. The van der Waals surface area contributed by atoms with Crippen LogP contribution in [0.25, 0.3) is 11.1 Å². The molecule has 1 spiro atoms. The standard InChI is InChI=1S/C29H30FNO3S/c1-16-4-7-21(11-25(16)30)20-8-5-19(6-9-20)10-24-17(2)35-18(3)26(24)27(32)31-23-14-29(15-23)12-22(13-29)28(33)34/h4-9,11,22-23H,10,12-15H2,1-3H3,(H,31,32)(H,33,34). The third-order valence-electron chi connectivity index (χ3n) is 7.85. The fraction of sp³-hybridized carbons (Fsp3) is 0.379. The Kier molecular flexibility index (Phi) is 6.04. The zero-order valence-electron chi connectivity index (χ0n) is 20.3. The Morgan fingerprint density at radius 3 is 2.29 bits per heavy atom. The van der Waals surface area contributed by atoms with Crippen LogP contribution in [-0.2, 0) is 11.2 Å². The molecule has 3 aromatic rings. The summed E-state index contributed by atoms with van der Waals surface area (Å²) in [5.41, 5.74) is 5.51. The van der Waals surface area contributed by atoms with E-state index in [2.05, 4.69) is 12.2 Å². The number of halogens is 1. The maximum Gasteiger partial charge on any atom is 0.306 e. The number of aryl methyl sites for hydroxylation is 3. The number of carbonyl (C=O) groups is 2. The van der Waals surface area contributed by atoms with Crippen molar-refractivity contribution in [1.82, 2.24) is 5.32 Å². The first-order valence-corrected chi connectivity index (χ1v) is 12.9. The molecule has 182 valence electrons. The molecule has 2 saturated carbocycles. The summed E-state index contributed by atoms with van der Waals surface area (Å²) >= 11 is 1.65. The van der Waals surface area contributed by atoms with Crippen LogP contribution >= 0.6 is 11.3 Å². The summed E-state index contributed by atoms with van der Waals surface area (Å²) in [6.45, 7) is 5.81. The molecule has 2 aromatic carbocycles. The van der Waals surface area contributed by atoms with Gasteiger partial charge in [-0.25, -0.2) is 4.39 Å². The monoisotopic (exact) mass is 491 g/mol. The maximum absolute atomic E-state index is 14.0. The number of hydrogen-bond donors (Lipinski definition) is 2. The highest BCUT2D eigenvalue weighted by atomic mass is 32.1. The van der Waals surface area contributed by atoms with Crippen LogP contribution in [0, 0.1) is 37.9 Å². The summed E-state index contributed by atoms with van der Waals surface area (Å²) in [7, 11) is 0. The van der Waals surface area contributed by atoms with Gasteiger partial charge in [-0.3, -0.25) is 9.59 Å². The molecule has 1 heterocycles. The molecule has 0 atom stereocenters. The van der Waals surface area contributed by atoms with E-state index in [1.807, 2.05) is 37.3 Å². The lowest BCUT2D eigenvalue weighted by molar-refractivity contribution is -0.155. The Morgan fingerprint density at radius 1 is 1.00 bits per heavy atom. The highest BCUT2D eigenvalue weighted by Gasteiger charge is 2.55. The smallest absolute Gasteiger partial charge is 0.306 e. The molecule has 35 heavy (non-hydrogen) atoms. The number of carbonyl (C=O) groups excluding carboxylic acids is 1. The van der Waals surface area contributed by atoms with E-state index in [9.17, 15) is 14.0 Å². The van der Waals surface area contributed by atoms with Crippen molar-refractivity contribution in [2.24, 2.45) is 11.3 Å². The van der Waals surface area contributed by atoms with Gasteiger partial charge in [0.15, 0.2) is 0 Å². The first-order chi connectivity index (χ1) is 16.6. The lowest BCUT2D eigenvalue weighted by Gasteiger charge is -2.56.